The molecule has 1 amide bonds. The van der Waals surface area contributed by atoms with Crippen molar-refractivity contribution in [1.29, 1.82) is 0 Å². The number of hydrogen-bond acceptors (Lipinski definition) is 7. The van der Waals surface area contributed by atoms with Gasteiger partial charge in [0.2, 0.25) is 17.7 Å². The van der Waals surface area contributed by atoms with E-state index in [9.17, 15) is 9.90 Å². The van der Waals surface area contributed by atoms with Crippen molar-refractivity contribution in [3.05, 3.63) is 36.2 Å². The summed E-state index contributed by atoms with van der Waals surface area (Å²) in [7, 11) is 0. The lowest BCUT2D eigenvalue weighted by Crippen LogP contribution is -2.45. The summed E-state index contributed by atoms with van der Waals surface area (Å²) in [6, 6.07) is 5.70. The van der Waals surface area contributed by atoms with Gasteiger partial charge in [-0.3, -0.25) is 4.79 Å². The van der Waals surface area contributed by atoms with Crippen LogP contribution in [0.25, 0.3) is 0 Å². The molecule has 3 rings (SSSR count). The van der Waals surface area contributed by atoms with E-state index in [0.29, 0.717) is 37.7 Å². The SMILES string of the molecule is CC(C)c1nnc(CCC(=O)NC[C@@]2(O)CCN(c3ccccn3)C2)o1. The summed E-state index contributed by atoms with van der Waals surface area (Å²) in [6.45, 7) is 5.33. The zero-order valence-electron chi connectivity index (χ0n) is 15.2. The molecule has 1 aliphatic rings. The summed E-state index contributed by atoms with van der Waals surface area (Å²) in [5, 5.41) is 21.4. The summed E-state index contributed by atoms with van der Waals surface area (Å²) < 4.78 is 5.49. The van der Waals surface area contributed by atoms with Crippen molar-refractivity contribution in [2.75, 3.05) is 24.5 Å². The van der Waals surface area contributed by atoms with Crippen molar-refractivity contribution in [2.45, 2.75) is 44.6 Å². The Hall–Kier alpha value is -2.48. The fourth-order valence-corrected chi connectivity index (χ4v) is 2.91. The van der Waals surface area contributed by atoms with Crippen molar-refractivity contribution in [3.63, 3.8) is 0 Å². The van der Waals surface area contributed by atoms with Crippen LogP contribution < -0.4 is 10.2 Å². The molecule has 3 heterocycles. The minimum absolute atomic E-state index is 0.140. The Morgan fingerprint density at radius 3 is 2.96 bits per heavy atom. The number of anilines is 1. The number of amides is 1. The first kappa shape index (κ1) is 18.3. The van der Waals surface area contributed by atoms with E-state index >= 15 is 0 Å². The monoisotopic (exact) mass is 359 g/mol. The molecule has 0 spiro atoms. The second-order valence-electron chi connectivity index (χ2n) is 7.05. The molecule has 2 aromatic rings. The number of pyridine rings is 1. The molecule has 0 bridgehead atoms. The number of aryl methyl sites for hydroxylation is 1. The molecule has 1 atom stereocenters. The maximum absolute atomic E-state index is 12.1. The summed E-state index contributed by atoms with van der Waals surface area (Å²) in [5.74, 6) is 1.91. The molecule has 26 heavy (non-hydrogen) atoms. The van der Waals surface area contributed by atoms with Crippen LogP contribution >= 0.6 is 0 Å². The first-order valence-corrected chi connectivity index (χ1v) is 8.92. The highest BCUT2D eigenvalue weighted by Crippen LogP contribution is 2.24. The highest BCUT2D eigenvalue weighted by Gasteiger charge is 2.36. The summed E-state index contributed by atoms with van der Waals surface area (Å²) >= 11 is 0. The Labute approximate surface area is 152 Å². The van der Waals surface area contributed by atoms with E-state index in [4.69, 9.17) is 4.42 Å². The second kappa shape index (κ2) is 7.82. The van der Waals surface area contributed by atoms with Crippen molar-refractivity contribution in [1.82, 2.24) is 20.5 Å². The summed E-state index contributed by atoms with van der Waals surface area (Å²) in [4.78, 5) is 18.4. The van der Waals surface area contributed by atoms with Gasteiger partial charge in [-0.15, -0.1) is 10.2 Å². The molecular weight excluding hydrogens is 334 g/mol. The summed E-state index contributed by atoms with van der Waals surface area (Å²) in [6.07, 6.45) is 2.96. The third-order valence-electron chi connectivity index (χ3n) is 4.46. The number of hydrogen-bond donors (Lipinski definition) is 2. The van der Waals surface area contributed by atoms with Crippen LogP contribution in [0.15, 0.2) is 28.8 Å². The molecule has 0 aliphatic carbocycles. The molecular formula is C18H25N5O3. The topological polar surface area (TPSA) is 104 Å². The molecule has 8 nitrogen and oxygen atoms in total. The molecule has 1 fully saturated rings. The molecule has 8 heteroatoms. The van der Waals surface area contributed by atoms with Crippen LogP contribution in [0.1, 0.15) is 44.4 Å². The van der Waals surface area contributed by atoms with Crippen molar-refractivity contribution < 1.29 is 14.3 Å². The van der Waals surface area contributed by atoms with E-state index in [1.165, 1.54) is 0 Å². The number of nitrogens with zero attached hydrogens (tertiary/aromatic N) is 4. The lowest BCUT2D eigenvalue weighted by atomic mass is 10.0. The minimum atomic E-state index is -0.942. The lowest BCUT2D eigenvalue weighted by Gasteiger charge is -2.24. The molecule has 0 radical (unpaired) electrons. The van der Waals surface area contributed by atoms with Gasteiger partial charge in [0.25, 0.3) is 0 Å². The van der Waals surface area contributed by atoms with Gasteiger partial charge in [-0.2, -0.15) is 0 Å². The van der Waals surface area contributed by atoms with Gasteiger partial charge in [0, 0.05) is 44.6 Å². The predicted molar refractivity (Wildman–Crippen MR) is 95.7 cm³/mol. The van der Waals surface area contributed by atoms with E-state index in [2.05, 4.69) is 20.5 Å². The molecule has 2 aromatic heterocycles. The third-order valence-corrected chi connectivity index (χ3v) is 4.46. The zero-order chi connectivity index (χ0) is 18.6. The van der Waals surface area contributed by atoms with Gasteiger partial charge < -0.3 is 19.7 Å². The van der Waals surface area contributed by atoms with E-state index in [1.807, 2.05) is 36.9 Å². The standard InChI is InChI=1S/C18H25N5O3/c1-13(2)17-22-21-16(26-17)7-6-15(24)20-11-18(25)8-10-23(12-18)14-5-3-4-9-19-14/h3-5,9,13,25H,6-8,10-12H2,1-2H3,(H,20,24)/t18-/m0/s1. The number of nitrogens with one attached hydrogen (secondary N) is 1. The summed E-state index contributed by atoms with van der Waals surface area (Å²) in [5.41, 5.74) is -0.942. The van der Waals surface area contributed by atoms with Crippen LogP contribution in [0, 0.1) is 0 Å². The highest BCUT2D eigenvalue weighted by molar-refractivity contribution is 5.76. The molecule has 1 aliphatic heterocycles. The lowest BCUT2D eigenvalue weighted by molar-refractivity contribution is -0.122. The van der Waals surface area contributed by atoms with Gasteiger partial charge >= 0.3 is 0 Å². The van der Waals surface area contributed by atoms with E-state index in [1.54, 1.807) is 6.20 Å². The fourth-order valence-electron chi connectivity index (χ4n) is 2.91. The molecule has 0 saturated carbocycles. The number of aromatic nitrogens is 3. The first-order chi connectivity index (χ1) is 12.5. The number of carbonyl (C=O) groups excluding carboxylic acids is 1. The van der Waals surface area contributed by atoms with Gasteiger partial charge in [0.15, 0.2) is 0 Å². The maximum atomic E-state index is 12.1. The van der Waals surface area contributed by atoms with E-state index in [0.717, 1.165) is 5.82 Å². The molecule has 140 valence electrons. The number of carbonyl (C=O) groups is 1. The van der Waals surface area contributed by atoms with Crippen LogP contribution in [-0.2, 0) is 11.2 Å². The maximum Gasteiger partial charge on any atom is 0.220 e. The van der Waals surface area contributed by atoms with Crippen LogP contribution in [0.4, 0.5) is 5.82 Å². The first-order valence-electron chi connectivity index (χ1n) is 8.92. The zero-order valence-corrected chi connectivity index (χ0v) is 15.2. The van der Waals surface area contributed by atoms with Crippen molar-refractivity contribution in [2.24, 2.45) is 0 Å². The van der Waals surface area contributed by atoms with E-state index < -0.39 is 5.60 Å². The number of β-amino-alcohol motifs (C(OH)–C–C–N with tert-alkyl or cyclic N) is 1. The number of aliphatic hydroxyl groups is 1. The van der Waals surface area contributed by atoms with Crippen LogP contribution in [0.3, 0.4) is 0 Å². The molecule has 0 aromatic carbocycles. The van der Waals surface area contributed by atoms with Gasteiger partial charge in [0.05, 0.1) is 0 Å². The van der Waals surface area contributed by atoms with Crippen LogP contribution in [0.2, 0.25) is 0 Å². The molecule has 2 N–H and O–H groups in total. The molecule has 0 unspecified atom stereocenters. The third kappa shape index (κ3) is 4.57. The van der Waals surface area contributed by atoms with Gasteiger partial charge in [-0.1, -0.05) is 19.9 Å². The Balaban J connectivity index is 1.44. The quantitative estimate of drug-likeness (QED) is 0.767. The van der Waals surface area contributed by atoms with Crippen molar-refractivity contribution >= 4 is 11.7 Å². The smallest absolute Gasteiger partial charge is 0.220 e. The van der Waals surface area contributed by atoms with Crippen LogP contribution in [-0.4, -0.2) is 51.4 Å². The predicted octanol–water partition coefficient (Wildman–Crippen LogP) is 1.28. The largest absolute Gasteiger partial charge is 0.425 e. The average Bonchev–Trinajstić information content (AvgIpc) is 3.27. The normalized spacial score (nSPS) is 19.9. The Morgan fingerprint density at radius 1 is 1.42 bits per heavy atom. The fraction of sp³-hybridized carbons (Fsp3) is 0.556. The van der Waals surface area contributed by atoms with E-state index in [-0.39, 0.29) is 24.8 Å². The average molecular weight is 359 g/mol. The second-order valence-corrected chi connectivity index (χ2v) is 7.05. The van der Waals surface area contributed by atoms with Crippen molar-refractivity contribution in [3.8, 4) is 0 Å². The van der Waals surface area contributed by atoms with Gasteiger partial charge in [-0.05, 0) is 18.6 Å². The van der Waals surface area contributed by atoms with Gasteiger partial charge in [-0.25, -0.2) is 4.98 Å². The Kier molecular flexibility index (Phi) is 5.51. The van der Waals surface area contributed by atoms with Gasteiger partial charge in [0.1, 0.15) is 11.4 Å². The Morgan fingerprint density at radius 2 is 2.27 bits per heavy atom. The number of rotatable bonds is 7. The van der Waals surface area contributed by atoms with Crippen LogP contribution in [0.5, 0.6) is 0 Å². The highest BCUT2D eigenvalue weighted by atomic mass is 16.4. The Bertz CT molecular complexity index is 733. The molecule has 1 saturated heterocycles. The minimum Gasteiger partial charge on any atom is -0.425 e.